The molecule has 0 aliphatic rings. The van der Waals surface area contributed by atoms with Gasteiger partial charge in [-0.3, -0.25) is 10.1 Å². The van der Waals surface area contributed by atoms with Crippen molar-refractivity contribution in [3.63, 3.8) is 0 Å². The molecule has 0 amide bonds. The van der Waals surface area contributed by atoms with Crippen LogP contribution in [0.4, 0.5) is 5.69 Å². The summed E-state index contributed by atoms with van der Waals surface area (Å²) in [5, 5.41) is 19.0. The van der Waals surface area contributed by atoms with E-state index < -0.39 is 11.0 Å². The number of nitriles is 1. The van der Waals surface area contributed by atoms with Crippen molar-refractivity contribution >= 4 is 5.69 Å². The van der Waals surface area contributed by atoms with E-state index in [4.69, 9.17) is 11.0 Å². The first-order valence-corrected chi connectivity index (χ1v) is 4.02. The molecule has 2 N–H and O–H groups in total. The van der Waals surface area contributed by atoms with E-state index in [-0.39, 0.29) is 12.1 Å². The highest BCUT2D eigenvalue weighted by molar-refractivity contribution is 5.42. The number of benzene rings is 1. The fourth-order valence-corrected chi connectivity index (χ4v) is 1.18. The summed E-state index contributed by atoms with van der Waals surface area (Å²) in [6, 6.07) is 7.48. The Bertz CT molecular complexity index is 384. The summed E-state index contributed by atoms with van der Waals surface area (Å²) in [7, 11) is 0. The molecule has 0 heterocycles. The van der Waals surface area contributed by atoms with Gasteiger partial charge in [0.05, 0.1) is 17.4 Å². The zero-order chi connectivity index (χ0) is 10.6. The van der Waals surface area contributed by atoms with Crippen molar-refractivity contribution in [3.8, 4) is 6.07 Å². The third-order valence-electron chi connectivity index (χ3n) is 1.84. The Morgan fingerprint density at radius 3 is 2.79 bits per heavy atom. The molecule has 0 aliphatic carbocycles. The van der Waals surface area contributed by atoms with Crippen molar-refractivity contribution in [3.05, 3.63) is 39.9 Å². The lowest BCUT2D eigenvalue weighted by Gasteiger charge is -2.07. The third kappa shape index (κ3) is 2.06. The fraction of sp³-hybridized carbons (Fsp3) is 0.222. The number of nitro benzene ring substituents is 1. The number of nitro groups is 1. The Labute approximate surface area is 80.9 Å². The number of hydrogen-bond donors (Lipinski definition) is 1. The lowest BCUT2D eigenvalue weighted by atomic mass is 10.0. The first kappa shape index (κ1) is 10.2. The Balaban J connectivity index is 3.08. The third-order valence-corrected chi connectivity index (χ3v) is 1.84. The van der Waals surface area contributed by atoms with Crippen LogP contribution in [0.5, 0.6) is 0 Å². The van der Waals surface area contributed by atoms with Gasteiger partial charge in [-0.05, 0) is 0 Å². The maximum absolute atomic E-state index is 10.6. The molecule has 0 fully saturated rings. The molecule has 1 atom stereocenters. The maximum atomic E-state index is 10.6. The predicted molar refractivity (Wildman–Crippen MR) is 50.3 cm³/mol. The molecule has 1 rings (SSSR count). The van der Waals surface area contributed by atoms with E-state index in [9.17, 15) is 10.1 Å². The van der Waals surface area contributed by atoms with Crippen LogP contribution >= 0.6 is 0 Å². The zero-order valence-electron chi connectivity index (χ0n) is 7.38. The van der Waals surface area contributed by atoms with E-state index in [2.05, 4.69) is 0 Å². The zero-order valence-corrected chi connectivity index (χ0v) is 7.38. The van der Waals surface area contributed by atoms with Crippen LogP contribution in [0.25, 0.3) is 0 Å². The van der Waals surface area contributed by atoms with E-state index >= 15 is 0 Å². The van der Waals surface area contributed by atoms with Gasteiger partial charge in [-0.25, -0.2) is 0 Å². The van der Waals surface area contributed by atoms with Gasteiger partial charge in [-0.15, -0.1) is 0 Å². The monoisotopic (exact) mass is 191 g/mol. The van der Waals surface area contributed by atoms with Gasteiger partial charge in [-0.1, -0.05) is 18.2 Å². The Hall–Kier alpha value is -1.93. The summed E-state index contributed by atoms with van der Waals surface area (Å²) in [5.74, 6) is 0. The molecule has 0 aliphatic heterocycles. The second kappa shape index (κ2) is 4.35. The summed E-state index contributed by atoms with van der Waals surface area (Å²) in [5.41, 5.74) is 5.99. The highest BCUT2D eigenvalue weighted by atomic mass is 16.6. The molecular formula is C9H9N3O2. The van der Waals surface area contributed by atoms with Crippen LogP contribution in [0.15, 0.2) is 24.3 Å². The highest BCUT2D eigenvalue weighted by Crippen LogP contribution is 2.24. The van der Waals surface area contributed by atoms with Gasteiger partial charge in [0, 0.05) is 17.7 Å². The smallest absolute Gasteiger partial charge is 0.274 e. The number of para-hydroxylation sites is 1. The Morgan fingerprint density at radius 1 is 1.57 bits per heavy atom. The van der Waals surface area contributed by atoms with Gasteiger partial charge < -0.3 is 5.73 Å². The maximum Gasteiger partial charge on any atom is 0.274 e. The molecule has 0 radical (unpaired) electrons. The van der Waals surface area contributed by atoms with Crippen molar-refractivity contribution in [1.82, 2.24) is 0 Å². The van der Waals surface area contributed by atoms with Gasteiger partial charge in [0.15, 0.2) is 0 Å². The second-order valence-corrected chi connectivity index (χ2v) is 2.78. The molecule has 1 unspecified atom stereocenters. The lowest BCUT2D eigenvalue weighted by Crippen LogP contribution is -2.11. The SMILES string of the molecule is N#CCC(N)c1ccccc1[N+](=O)[O-]. The van der Waals surface area contributed by atoms with Crippen LogP contribution in [0.3, 0.4) is 0 Å². The molecule has 1 aromatic rings. The van der Waals surface area contributed by atoms with E-state index in [0.717, 1.165) is 0 Å². The molecule has 0 aromatic heterocycles. The largest absolute Gasteiger partial charge is 0.323 e. The summed E-state index contributed by atoms with van der Waals surface area (Å²) in [6.45, 7) is 0. The Kier molecular flexibility index (Phi) is 3.15. The minimum atomic E-state index is -0.596. The van der Waals surface area contributed by atoms with Crippen LogP contribution < -0.4 is 5.73 Å². The minimum absolute atomic E-state index is 0.0322. The van der Waals surface area contributed by atoms with E-state index in [1.165, 1.54) is 6.07 Å². The molecule has 0 spiro atoms. The number of nitrogens with two attached hydrogens (primary N) is 1. The summed E-state index contributed by atoms with van der Waals surface area (Å²) >= 11 is 0. The van der Waals surface area contributed by atoms with Gasteiger partial charge in [0.1, 0.15) is 0 Å². The van der Waals surface area contributed by atoms with Crippen molar-refractivity contribution in [2.75, 3.05) is 0 Å². The van der Waals surface area contributed by atoms with E-state index in [0.29, 0.717) is 5.56 Å². The second-order valence-electron chi connectivity index (χ2n) is 2.78. The Morgan fingerprint density at radius 2 is 2.21 bits per heavy atom. The van der Waals surface area contributed by atoms with Crippen molar-refractivity contribution in [1.29, 1.82) is 5.26 Å². The molecule has 14 heavy (non-hydrogen) atoms. The molecular weight excluding hydrogens is 182 g/mol. The number of hydrogen-bond acceptors (Lipinski definition) is 4. The normalized spacial score (nSPS) is 11.7. The van der Waals surface area contributed by atoms with Gasteiger partial charge >= 0.3 is 0 Å². The van der Waals surface area contributed by atoms with Gasteiger partial charge in [0.25, 0.3) is 5.69 Å². The molecule has 0 bridgehead atoms. The van der Waals surface area contributed by atoms with Crippen LogP contribution in [0.2, 0.25) is 0 Å². The number of nitrogens with zero attached hydrogens (tertiary/aromatic N) is 2. The number of rotatable bonds is 3. The molecule has 1 aromatic carbocycles. The summed E-state index contributed by atoms with van der Waals surface area (Å²) < 4.78 is 0. The summed E-state index contributed by atoms with van der Waals surface area (Å²) in [4.78, 5) is 10.1. The lowest BCUT2D eigenvalue weighted by molar-refractivity contribution is -0.385. The van der Waals surface area contributed by atoms with Gasteiger partial charge in [0.2, 0.25) is 0 Å². The van der Waals surface area contributed by atoms with E-state index in [1.54, 1.807) is 18.2 Å². The average Bonchev–Trinajstić information content (AvgIpc) is 2.18. The van der Waals surface area contributed by atoms with Crippen LogP contribution in [0, 0.1) is 21.4 Å². The van der Waals surface area contributed by atoms with Crippen LogP contribution in [-0.4, -0.2) is 4.92 Å². The predicted octanol–water partition coefficient (Wildman–Crippen LogP) is 1.51. The first-order valence-electron chi connectivity index (χ1n) is 4.02. The fourth-order valence-electron chi connectivity index (χ4n) is 1.18. The molecule has 5 heteroatoms. The molecule has 0 saturated carbocycles. The molecule has 5 nitrogen and oxygen atoms in total. The quantitative estimate of drug-likeness (QED) is 0.578. The topological polar surface area (TPSA) is 93.0 Å². The summed E-state index contributed by atoms with van der Waals surface area (Å²) in [6.07, 6.45) is 0.0743. The van der Waals surface area contributed by atoms with Crippen LogP contribution in [-0.2, 0) is 0 Å². The van der Waals surface area contributed by atoms with Crippen molar-refractivity contribution in [2.24, 2.45) is 5.73 Å². The molecule has 0 saturated heterocycles. The van der Waals surface area contributed by atoms with Crippen molar-refractivity contribution in [2.45, 2.75) is 12.5 Å². The minimum Gasteiger partial charge on any atom is -0.323 e. The van der Waals surface area contributed by atoms with Crippen LogP contribution in [0.1, 0.15) is 18.0 Å². The standard InChI is InChI=1S/C9H9N3O2/c10-6-5-8(11)7-3-1-2-4-9(7)12(13)14/h1-4,8H,5,11H2. The highest BCUT2D eigenvalue weighted by Gasteiger charge is 2.17. The van der Waals surface area contributed by atoms with Gasteiger partial charge in [-0.2, -0.15) is 5.26 Å². The van der Waals surface area contributed by atoms with Crippen molar-refractivity contribution < 1.29 is 4.92 Å². The average molecular weight is 191 g/mol. The molecule has 72 valence electrons. The van der Waals surface area contributed by atoms with E-state index in [1.807, 2.05) is 6.07 Å². The first-order chi connectivity index (χ1) is 6.66.